The van der Waals surface area contributed by atoms with Gasteiger partial charge >= 0.3 is 11.9 Å². The van der Waals surface area contributed by atoms with Gasteiger partial charge in [0.25, 0.3) is 0 Å². The number of hydrogen-bond donors (Lipinski definition) is 1. The van der Waals surface area contributed by atoms with Gasteiger partial charge in [0.2, 0.25) is 0 Å². The molecule has 0 radical (unpaired) electrons. The molecule has 52 heavy (non-hydrogen) atoms. The minimum atomic E-state index is -1.14. The van der Waals surface area contributed by atoms with Crippen molar-refractivity contribution in [2.75, 3.05) is 13.1 Å². The number of aliphatic carboxylic acids is 1. The molecule has 6 heteroatoms. The first-order valence-electron chi connectivity index (χ1n) is 20.8. The van der Waals surface area contributed by atoms with E-state index in [9.17, 15) is 19.5 Å². The van der Waals surface area contributed by atoms with Crippen LogP contribution in [0.3, 0.4) is 0 Å². The zero-order valence-corrected chi connectivity index (χ0v) is 33.8. The Morgan fingerprint density at radius 2 is 1.63 bits per heavy atom. The Labute approximate surface area is 313 Å². The number of ether oxygens (including phenoxy) is 1. The lowest BCUT2D eigenvalue weighted by Gasteiger charge is -2.72. The second kappa shape index (κ2) is 12.8. The maximum Gasteiger partial charge on any atom is 0.309 e. The molecule has 6 nitrogen and oxygen atoms in total. The van der Waals surface area contributed by atoms with Crippen LogP contribution in [-0.4, -0.2) is 46.9 Å². The van der Waals surface area contributed by atoms with Gasteiger partial charge in [0.05, 0.1) is 11.8 Å². The highest BCUT2D eigenvalue weighted by Gasteiger charge is 2.70. The summed E-state index contributed by atoms with van der Waals surface area (Å²) in [6.07, 6.45) is 11.4. The maximum atomic E-state index is 14.1. The number of Topliss-reactive ketones (excluding diaryl/α,β-unsaturated/α-hetero) is 1. The van der Waals surface area contributed by atoms with Crippen molar-refractivity contribution < 1.29 is 24.2 Å². The van der Waals surface area contributed by atoms with Crippen molar-refractivity contribution in [1.29, 1.82) is 0 Å². The molecule has 4 saturated carbocycles. The van der Waals surface area contributed by atoms with Crippen LogP contribution in [0.1, 0.15) is 144 Å². The fraction of sp³-hybridized carbons (Fsp3) is 0.761. The summed E-state index contributed by atoms with van der Waals surface area (Å²) in [6.45, 7) is 23.4. The second-order valence-electron chi connectivity index (χ2n) is 20.7. The summed E-state index contributed by atoms with van der Waals surface area (Å²) in [5, 5.41) is 9.62. The van der Waals surface area contributed by atoms with E-state index in [1.807, 2.05) is 0 Å². The third-order valence-electron chi connectivity index (χ3n) is 17.1. The van der Waals surface area contributed by atoms with Gasteiger partial charge in [-0.25, -0.2) is 0 Å². The van der Waals surface area contributed by atoms with Crippen LogP contribution in [0, 0.1) is 56.2 Å². The SMILES string of the molecule is CC(C)C1=C2[C@H]3CCC4[C@@]5(C)CC[C@H](OC(=O)CC(C)(C)C(=O)O)C(C)(C)C5CC[C@@]4(C)[C@]3(C)CC[C@@]2(CCN2CCc3ccccc3C2)CC1=O. The van der Waals surface area contributed by atoms with Crippen LogP contribution in [0.5, 0.6) is 0 Å². The summed E-state index contributed by atoms with van der Waals surface area (Å²) in [5.41, 5.74) is 4.83. The van der Waals surface area contributed by atoms with E-state index in [1.54, 1.807) is 19.4 Å². The zero-order chi connectivity index (χ0) is 37.6. The number of hydrogen-bond acceptors (Lipinski definition) is 5. The Kier molecular flexibility index (Phi) is 9.32. The molecule has 0 spiro atoms. The van der Waals surface area contributed by atoms with Gasteiger partial charge in [0, 0.05) is 30.3 Å². The van der Waals surface area contributed by atoms with Crippen LogP contribution in [0.25, 0.3) is 0 Å². The minimum absolute atomic E-state index is 0.00125. The number of rotatable bonds is 8. The molecule has 286 valence electrons. The van der Waals surface area contributed by atoms with Crippen LogP contribution in [0.2, 0.25) is 0 Å². The molecule has 1 aromatic rings. The van der Waals surface area contributed by atoms with Crippen LogP contribution >= 0.6 is 0 Å². The lowest BCUT2D eigenvalue weighted by molar-refractivity contribution is -0.233. The number of carbonyl (C=O) groups is 3. The number of carboxylic acids is 1. The zero-order valence-electron chi connectivity index (χ0n) is 33.8. The van der Waals surface area contributed by atoms with Crippen molar-refractivity contribution in [3.8, 4) is 0 Å². The van der Waals surface area contributed by atoms with Crippen molar-refractivity contribution in [2.24, 2.45) is 56.2 Å². The molecule has 2 unspecified atom stereocenters. The summed E-state index contributed by atoms with van der Waals surface area (Å²) in [6, 6.07) is 8.92. The van der Waals surface area contributed by atoms with Gasteiger partial charge < -0.3 is 9.84 Å². The third kappa shape index (κ3) is 5.69. The highest BCUT2D eigenvalue weighted by molar-refractivity contribution is 6.00. The largest absolute Gasteiger partial charge is 0.481 e. The highest BCUT2D eigenvalue weighted by atomic mass is 16.5. The van der Waals surface area contributed by atoms with Crippen molar-refractivity contribution in [1.82, 2.24) is 4.90 Å². The minimum Gasteiger partial charge on any atom is -0.481 e. The predicted octanol–water partition coefficient (Wildman–Crippen LogP) is 9.83. The molecule has 0 saturated heterocycles. The fourth-order valence-corrected chi connectivity index (χ4v) is 14.0. The average molecular weight is 714 g/mol. The second-order valence-corrected chi connectivity index (χ2v) is 20.7. The number of esters is 1. The van der Waals surface area contributed by atoms with Gasteiger partial charge in [-0.05, 0) is 141 Å². The molecule has 6 aliphatic rings. The Balaban J connectivity index is 1.14. The van der Waals surface area contributed by atoms with E-state index in [-0.39, 0.29) is 51.5 Å². The van der Waals surface area contributed by atoms with Gasteiger partial charge in [-0.15, -0.1) is 0 Å². The smallest absolute Gasteiger partial charge is 0.309 e. The summed E-state index contributed by atoms with van der Waals surface area (Å²) in [4.78, 5) is 41.7. The van der Waals surface area contributed by atoms with Crippen LogP contribution < -0.4 is 0 Å². The Hall–Kier alpha value is -2.47. The van der Waals surface area contributed by atoms with Crippen LogP contribution in [0.4, 0.5) is 0 Å². The summed E-state index contributed by atoms with van der Waals surface area (Å²) >= 11 is 0. The lowest BCUT2D eigenvalue weighted by atomic mass is 9.33. The van der Waals surface area contributed by atoms with Gasteiger partial charge in [-0.3, -0.25) is 19.3 Å². The normalized spacial score (nSPS) is 38.5. The summed E-state index contributed by atoms with van der Waals surface area (Å²) in [7, 11) is 0. The Morgan fingerprint density at radius 1 is 0.923 bits per heavy atom. The van der Waals surface area contributed by atoms with E-state index in [4.69, 9.17) is 4.74 Å². The Bertz CT molecular complexity index is 1650. The van der Waals surface area contributed by atoms with Gasteiger partial charge in [0.1, 0.15) is 6.10 Å². The molecule has 1 N–H and O–H groups in total. The first-order chi connectivity index (χ1) is 24.3. The van der Waals surface area contributed by atoms with Gasteiger partial charge in [0.15, 0.2) is 5.78 Å². The molecule has 1 aliphatic heterocycles. The van der Waals surface area contributed by atoms with Gasteiger partial charge in [-0.2, -0.15) is 0 Å². The van der Waals surface area contributed by atoms with Gasteiger partial charge in [-0.1, -0.05) is 78.3 Å². The number of benzene rings is 1. The third-order valence-corrected chi connectivity index (χ3v) is 17.1. The number of carbonyl (C=O) groups excluding carboxylic acids is 2. The van der Waals surface area contributed by atoms with Crippen LogP contribution in [0.15, 0.2) is 35.4 Å². The molecule has 1 heterocycles. The van der Waals surface area contributed by atoms with E-state index < -0.39 is 11.4 Å². The predicted molar refractivity (Wildman–Crippen MR) is 205 cm³/mol. The van der Waals surface area contributed by atoms with E-state index in [0.717, 1.165) is 58.2 Å². The molecule has 0 amide bonds. The van der Waals surface area contributed by atoms with E-state index >= 15 is 0 Å². The number of fused-ring (bicyclic) bond motifs is 8. The van der Waals surface area contributed by atoms with Crippen molar-refractivity contribution >= 4 is 17.7 Å². The summed E-state index contributed by atoms with van der Waals surface area (Å²) in [5.74, 6) is 0.781. The van der Waals surface area contributed by atoms with E-state index in [2.05, 4.69) is 77.6 Å². The number of ketones is 1. The first kappa shape index (κ1) is 37.8. The number of carboxylic acid groups (broad SMARTS) is 1. The molecule has 7 rings (SSSR count). The van der Waals surface area contributed by atoms with E-state index in [0.29, 0.717) is 30.0 Å². The quantitative estimate of drug-likeness (QED) is 0.270. The monoisotopic (exact) mass is 714 g/mol. The Morgan fingerprint density at radius 3 is 2.33 bits per heavy atom. The maximum absolute atomic E-state index is 14.1. The van der Waals surface area contributed by atoms with Crippen LogP contribution in [-0.2, 0) is 32.1 Å². The van der Waals surface area contributed by atoms with E-state index in [1.165, 1.54) is 42.4 Å². The van der Waals surface area contributed by atoms with Crippen molar-refractivity contribution in [3.63, 3.8) is 0 Å². The van der Waals surface area contributed by atoms with Crippen molar-refractivity contribution in [3.05, 3.63) is 46.5 Å². The molecule has 1 aromatic carbocycles. The number of nitrogens with zero attached hydrogens (tertiary/aromatic N) is 1. The molecular weight excluding hydrogens is 647 g/mol. The molecule has 8 atom stereocenters. The summed E-state index contributed by atoms with van der Waals surface area (Å²) < 4.78 is 6.20. The lowest BCUT2D eigenvalue weighted by Crippen LogP contribution is -2.65. The number of allylic oxidation sites excluding steroid dienone is 2. The molecule has 0 aromatic heterocycles. The molecule has 5 aliphatic carbocycles. The molecule has 4 fully saturated rings. The fourth-order valence-electron chi connectivity index (χ4n) is 14.0. The highest BCUT2D eigenvalue weighted by Crippen LogP contribution is 2.77. The topological polar surface area (TPSA) is 83.9 Å². The molecule has 0 bridgehead atoms. The first-order valence-corrected chi connectivity index (χ1v) is 20.8. The van der Waals surface area contributed by atoms with Crippen molar-refractivity contribution in [2.45, 2.75) is 152 Å². The standard InChI is InChI=1S/C46H67NO5/c1-29(2)38-33(48)26-46(23-25-47-24-18-30-12-10-11-13-31(30)28-47)22-21-44(8)32(39(38)46)14-15-35-43(7)19-17-36(52-37(49)27-41(3,4)40(50)51)42(5,6)34(43)16-20-45(35,44)9/h10-13,29,32,34-36H,14-28H2,1-9H3,(H,50,51)/t32-,34?,35?,36+,43+,44-,45-,46-/m1/s1. The molecular formula is C46H67NO5. The average Bonchev–Trinajstić information content (AvgIpc) is 3.37.